The molecule has 6 amide bonds. The number of ether oxygens (including phenoxy) is 1. The SMILES string of the molecule is Cc1ccc(NN2C(=O)C3CC4C(=CCC5C(=O)N(C(N)=O)C(=O)C54)C(c4ccccc4OCCO)C3(c3ccccc3)C2=O)cc1. The van der Waals surface area contributed by atoms with Crippen LogP contribution in [-0.4, -0.2) is 57.9 Å². The number of carbonyl (C=O) groups excluding carboxylic acids is 5. The number of para-hydroxylation sites is 1. The molecular formula is C36H34N4O7. The Hall–Kier alpha value is -5.29. The molecule has 6 unspecified atom stereocenters. The van der Waals surface area contributed by atoms with E-state index >= 15 is 4.79 Å². The summed E-state index contributed by atoms with van der Waals surface area (Å²) in [5.41, 5.74) is 10.6. The summed E-state index contributed by atoms with van der Waals surface area (Å²) in [4.78, 5) is 69.6. The second-order valence-electron chi connectivity index (χ2n) is 12.6. The molecule has 4 aliphatic rings. The van der Waals surface area contributed by atoms with Gasteiger partial charge < -0.3 is 15.6 Å². The predicted octanol–water partition coefficient (Wildman–Crippen LogP) is 3.43. The summed E-state index contributed by atoms with van der Waals surface area (Å²) in [7, 11) is 0. The smallest absolute Gasteiger partial charge is 0.328 e. The number of nitrogens with one attached hydrogen (secondary N) is 1. The van der Waals surface area contributed by atoms with Gasteiger partial charge in [0, 0.05) is 11.5 Å². The molecule has 47 heavy (non-hydrogen) atoms. The number of aliphatic hydroxyl groups is 1. The van der Waals surface area contributed by atoms with Crippen molar-refractivity contribution in [2.75, 3.05) is 18.6 Å². The van der Waals surface area contributed by atoms with Gasteiger partial charge in [-0.25, -0.2) is 4.79 Å². The number of hydrogen-bond acceptors (Lipinski definition) is 8. The number of hydrogen-bond donors (Lipinski definition) is 3. The summed E-state index contributed by atoms with van der Waals surface area (Å²) in [6.45, 7) is 1.69. The van der Waals surface area contributed by atoms with Crippen LogP contribution in [0.4, 0.5) is 10.5 Å². The molecule has 11 heteroatoms. The van der Waals surface area contributed by atoms with E-state index in [-0.39, 0.29) is 26.1 Å². The third-order valence-electron chi connectivity index (χ3n) is 10.2. The van der Waals surface area contributed by atoms with Crippen LogP contribution in [0.25, 0.3) is 0 Å². The molecule has 0 bridgehead atoms. The highest BCUT2D eigenvalue weighted by Crippen LogP contribution is 2.64. The summed E-state index contributed by atoms with van der Waals surface area (Å²) >= 11 is 0. The number of amides is 6. The minimum absolute atomic E-state index is 0.00673. The number of rotatable bonds is 7. The fourth-order valence-corrected chi connectivity index (χ4v) is 8.31. The van der Waals surface area contributed by atoms with Gasteiger partial charge in [0.1, 0.15) is 12.4 Å². The average Bonchev–Trinajstić information content (AvgIpc) is 3.46. The van der Waals surface area contributed by atoms with Gasteiger partial charge in [-0.05, 0) is 49.4 Å². The Labute approximate surface area is 270 Å². The van der Waals surface area contributed by atoms with Crippen molar-refractivity contribution in [3.05, 3.63) is 107 Å². The lowest BCUT2D eigenvalue weighted by Crippen LogP contribution is -2.53. The maximum atomic E-state index is 15.2. The van der Waals surface area contributed by atoms with Crippen molar-refractivity contribution in [2.45, 2.75) is 31.1 Å². The van der Waals surface area contributed by atoms with Gasteiger partial charge in [-0.2, -0.15) is 9.91 Å². The van der Waals surface area contributed by atoms with Crippen LogP contribution < -0.4 is 15.9 Å². The number of urea groups is 1. The molecule has 6 atom stereocenters. The van der Waals surface area contributed by atoms with Crippen molar-refractivity contribution in [1.29, 1.82) is 0 Å². The van der Waals surface area contributed by atoms with E-state index in [1.807, 2.05) is 67.6 Å². The highest BCUT2D eigenvalue weighted by atomic mass is 16.5. The van der Waals surface area contributed by atoms with Gasteiger partial charge in [0.15, 0.2) is 0 Å². The number of carbonyl (C=O) groups is 5. The van der Waals surface area contributed by atoms with E-state index in [0.717, 1.165) is 16.1 Å². The topological polar surface area (TPSA) is 159 Å². The highest BCUT2D eigenvalue weighted by Gasteiger charge is 2.70. The Bertz CT molecular complexity index is 1820. The molecule has 2 aliphatic carbocycles. The molecule has 3 aromatic carbocycles. The van der Waals surface area contributed by atoms with E-state index < -0.39 is 64.7 Å². The Balaban J connectivity index is 1.47. The summed E-state index contributed by atoms with van der Waals surface area (Å²) in [6, 6.07) is 22.5. The number of likely N-dealkylation sites (tertiary alicyclic amines) is 1. The first-order valence-electron chi connectivity index (χ1n) is 15.7. The largest absolute Gasteiger partial charge is 0.491 e. The Morgan fingerprint density at radius 3 is 2.34 bits per heavy atom. The van der Waals surface area contributed by atoms with E-state index in [9.17, 15) is 24.3 Å². The van der Waals surface area contributed by atoms with Gasteiger partial charge in [-0.1, -0.05) is 77.9 Å². The van der Waals surface area contributed by atoms with E-state index in [0.29, 0.717) is 27.5 Å². The quantitative estimate of drug-likeness (QED) is 0.263. The van der Waals surface area contributed by atoms with Gasteiger partial charge in [-0.3, -0.25) is 24.6 Å². The van der Waals surface area contributed by atoms with Crippen molar-refractivity contribution in [3.63, 3.8) is 0 Å². The molecule has 2 heterocycles. The van der Waals surface area contributed by atoms with E-state index in [2.05, 4.69) is 5.43 Å². The number of primary amides is 1. The molecular weight excluding hydrogens is 600 g/mol. The number of fused-ring (bicyclic) bond motifs is 4. The van der Waals surface area contributed by atoms with Gasteiger partial charge >= 0.3 is 6.03 Å². The maximum absolute atomic E-state index is 15.2. The third-order valence-corrected chi connectivity index (χ3v) is 10.2. The molecule has 11 nitrogen and oxygen atoms in total. The Kier molecular flexibility index (Phi) is 7.43. The number of benzene rings is 3. The summed E-state index contributed by atoms with van der Waals surface area (Å²) in [6.07, 6.45) is 2.13. The zero-order chi connectivity index (χ0) is 33.0. The number of anilines is 1. The molecule has 3 fully saturated rings. The molecule has 4 N–H and O–H groups in total. The summed E-state index contributed by atoms with van der Waals surface area (Å²) < 4.78 is 6.02. The summed E-state index contributed by atoms with van der Waals surface area (Å²) in [5.74, 6) is -6.02. The second kappa shape index (κ2) is 11.5. The molecule has 2 aliphatic heterocycles. The predicted molar refractivity (Wildman–Crippen MR) is 169 cm³/mol. The molecule has 3 aromatic rings. The number of nitrogens with two attached hydrogens (primary N) is 1. The van der Waals surface area contributed by atoms with Crippen LogP contribution in [0.3, 0.4) is 0 Å². The molecule has 0 spiro atoms. The van der Waals surface area contributed by atoms with Gasteiger partial charge in [0.25, 0.3) is 11.8 Å². The van der Waals surface area contributed by atoms with Crippen molar-refractivity contribution in [3.8, 4) is 5.75 Å². The van der Waals surface area contributed by atoms with Crippen LogP contribution >= 0.6 is 0 Å². The first-order valence-corrected chi connectivity index (χ1v) is 15.7. The van der Waals surface area contributed by atoms with Crippen LogP contribution in [-0.2, 0) is 24.6 Å². The molecule has 2 saturated heterocycles. The molecule has 7 rings (SSSR count). The molecule has 1 saturated carbocycles. The molecule has 0 aromatic heterocycles. The van der Waals surface area contributed by atoms with Gasteiger partial charge in [0.05, 0.1) is 35.5 Å². The van der Waals surface area contributed by atoms with Crippen molar-refractivity contribution in [1.82, 2.24) is 9.91 Å². The van der Waals surface area contributed by atoms with Gasteiger partial charge in [-0.15, -0.1) is 0 Å². The van der Waals surface area contributed by atoms with Crippen molar-refractivity contribution < 1.29 is 33.8 Å². The van der Waals surface area contributed by atoms with Crippen molar-refractivity contribution >= 4 is 35.3 Å². The number of aliphatic hydroxyl groups excluding tert-OH is 1. The Morgan fingerprint density at radius 1 is 0.936 bits per heavy atom. The lowest BCUT2D eigenvalue weighted by atomic mass is 9.49. The minimum atomic E-state index is -1.47. The van der Waals surface area contributed by atoms with Crippen LogP contribution in [0.5, 0.6) is 5.75 Å². The fraction of sp³-hybridized carbons (Fsp3) is 0.306. The number of imide groups is 4. The van der Waals surface area contributed by atoms with Gasteiger partial charge in [0.2, 0.25) is 11.8 Å². The zero-order valence-corrected chi connectivity index (χ0v) is 25.7. The zero-order valence-electron chi connectivity index (χ0n) is 25.7. The van der Waals surface area contributed by atoms with Crippen molar-refractivity contribution in [2.24, 2.45) is 29.4 Å². The highest BCUT2D eigenvalue weighted by molar-refractivity contribution is 6.17. The van der Waals surface area contributed by atoms with E-state index in [4.69, 9.17) is 10.5 Å². The fourth-order valence-electron chi connectivity index (χ4n) is 8.31. The standard InChI is InChI=1S/C36H34N4O7/c1-20-11-13-22(14-12-20)38-40-32(43)27-19-26-23(15-16-25-29(26)33(44)39(31(25)42)35(37)46)30(24-9-5-6-10-28(24)47-18-17-41)36(27,34(40)45)21-7-3-2-4-8-21/h2-15,25-27,29-30,38,41H,16-19H2,1H3,(H2,37,46). The lowest BCUT2D eigenvalue weighted by molar-refractivity contribution is -0.139. The lowest BCUT2D eigenvalue weighted by Gasteiger charge is -2.50. The first-order chi connectivity index (χ1) is 22.7. The Morgan fingerprint density at radius 2 is 1.64 bits per heavy atom. The number of allylic oxidation sites excluding steroid dienone is 2. The summed E-state index contributed by atoms with van der Waals surface area (Å²) in [5, 5.41) is 10.7. The maximum Gasteiger partial charge on any atom is 0.328 e. The monoisotopic (exact) mass is 634 g/mol. The number of aryl methyl sites for hydroxylation is 1. The molecule has 0 radical (unpaired) electrons. The van der Waals surface area contributed by atoms with Crippen LogP contribution in [0.15, 0.2) is 90.5 Å². The van der Waals surface area contributed by atoms with Crippen LogP contribution in [0, 0.1) is 30.6 Å². The van der Waals surface area contributed by atoms with Crippen LogP contribution in [0.1, 0.15) is 35.4 Å². The minimum Gasteiger partial charge on any atom is -0.491 e. The second-order valence-corrected chi connectivity index (χ2v) is 12.6. The number of nitrogens with zero attached hydrogens (tertiary/aromatic N) is 2. The van der Waals surface area contributed by atoms with E-state index in [1.165, 1.54) is 0 Å². The third kappa shape index (κ3) is 4.48. The average molecular weight is 635 g/mol. The van der Waals surface area contributed by atoms with Crippen LogP contribution in [0.2, 0.25) is 0 Å². The number of hydrazine groups is 1. The van der Waals surface area contributed by atoms with E-state index in [1.54, 1.807) is 24.3 Å². The first kappa shape index (κ1) is 30.4. The molecule has 240 valence electrons. The normalized spacial score (nSPS) is 28.0.